The van der Waals surface area contributed by atoms with Crippen molar-refractivity contribution in [1.82, 2.24) is 0 Å². The molecule has 1 fully saturated rings. The van der Waals surface area contributed by atoms with Crippen molar-refractivity contribution in [2.45, 2.75) is 32.1 Å². The van der Waals surface area contributed by atoms with Gasteiger partial charge in [-0.1, -0.05) is 19.3 Å². The lowest BCUT2D eigenvalue weighted by Crippen LogP contribution is -2.21. The third-order valence-electron chi connectivity index (χ3n) is 2.86. The fourth-order valence-corrected chi connectivity index (χ4v) is 2.42. The quantitative estimate of drug-likeness (QED) is 0.554. The molecule has 0 N–H and O–H groups in total. The van der Waals surface area contributed by atoms with Gasteiger partial charge in [-0.25, -0.2) is 0 Å². The van der Waals surface area contributed by atoms with Gasteiger partial charge in [0, 0.05) is 14.2 Å². The third-order valence-corrected chi connectivity index (χ3v) is 4.42. The zero-order valence-electron chi connectivity index (χ0n) is 9.81. The Hall–Kier alpha value is -0.380. The summed E-state index contributed by atoms with van der Waals surface area (Å²) >= 11 is 0. The zero-order valence-corrected chi connectivity index (χ0v) is 10.7. The van der Waals surface area contributed by atoms with E-state index in [4.69, 9.17) is 4.74 Å². The Morgan fingerprint density at radius 3 is 2.25 bits per heavy atom. The lowest BCUT2D eigenvalue weighted by molar-refractivity contribution is -0.148. The van der Waals surface area contributed by atoms with Crippen molar-refractivity contribution in [2.24, 2.45) is 5.92 Å². The van der Waals surface area contributed by atoms with Gasteiger partial charge in [-0.3, -0.25) is 9.36 Å². The maximum Gasteiger partial charge on any atom is 0.367 e. The lowest BCUT2D eigenvalue weighted by Gasteiger charge is -2.21. The molecule has 1 aliphatic rings. The third kappa shape index (κ3) is 3.89. The molecule has 0 aromatic heterocycles. The molecule has 6 heteroatoms. The van der Waals surface area contributed by atoms with E-state index in [1.54, 1.807) is 0 Å². The van der Waals surface area contributed by atoms with Gasteiger partial charge in [0.2, 0.25) is 0 Å². The van der Waals surface area contributed by atoms with Crippen molar-refractivity contribution >= 4 is 13.6 Å². The number of esters is 1. The molecule has 0 unspecified atom stereocenters. The fourth-order valence-electron chi connectivity index (χ4n) is 1.78. The first-order valence-corrected chi connectivity index (χ1v) is 7.21. The van der Waals surface area contributed by atoms with Crippen molar-refractivity contribution in [1.29, 1.82) is 0 Å². The maximum atomic E-state index is 11.6. The Balaban J connectivity index is 2.36. The van der Waals surface area contributed by atoms with Gasteiger partial charge in [-0.05, 0) is 12.8 Å². The van der Waals surface area contributed by atoms with Crippen LogP contribution in [-0.4, -0.2) is 26.5 Å². The van der Waals surface area contributed by atoms with Gasteiger partial charge in [0.05, 0.1) is 5.92 Å². The summed E-state index contributed by atoms with van der Waals surface area (Å²) in [6, 6.07) is 0. The first-order chi connectivity index (χ1) is 7.61. The van der Waals surface area contributed by atoms with Gasteiger partial charge < -0.3 is 13.8 Å². The largest absolute Gasteiger partial charge is 0.452 e. The highest BCUT2D eigenvalue weighted by Crippen LogP contribution is 2.46. The molecule has 1 aliphatic carbocycles. The van der Waals surface area contributed by atoms with Gasteiger partial charge in [0.25, 0.3) is 0 Å². The predicted octanol–water partition coefficient (Wildman–Crippen LogP) is 2.55. The van der Waals surface area contributed by atoms with Gasteiger partial charge in [-0.15, -0.1) is 0 Å². The average molecular weight is 250 g/mol. The first-order valence-electron chi connectivity index (χ1n) is 5.48. The summed E-state index contributed by atoms with van der Waals surface area (Å²) in [5.74, 6) is -0.329. The smallest absolute Gasteiger partial charge is 0.367 e. The summed E-state index contributed by atoms with van der Waals surface area (Å²) < 4.78 is 26.0. The van der Waals surface area contributed by atoms with Crippen molar-refractivity contribution in [2.75, 3.05) is 20.6 Å². The molecule has 0 aromatic rings. The van der Waals surface area contributed by atoms with Crippen molar-refractivity contribution in [3.8, 4) is 0 Å². The topological polar surface area (TPSA) is 61.8 Å². The molecule has 94 valence electrons. The van der Waals surface area contributed by atoms with E-state index in [0.29, 0.717) is 0 Å². The number of ether oxygens (including phenoxy) is 1. The molecule has 0 atom stereocenters. The minimum absolute atomic E-state index is 0.0455. The summed E-state index contributed by atoms with van der Waals surface area (Å²) in [4.78, 5) is 11.6. The molecule has 0 heterocycles. The normalized spacial score (nSPS) is 18.4. The van der Waals surface area contributed by atoms with Crippen LogP contribution in [0.5, 0.6) is 0 Å². The number of hydrogen-bond donors (Lipinski definition) is 0. The predicted molar refractivity (Wildman–Crippen MR) is 59.2 cm³/mol. The number of rotatable bonds is 5. The van der Waals surface area contributed by atoms with Crippen molar-refractivity contribution in [3.05, 3.63) is 0 Å². The second-order valence-electron chi connectivity index (χ2n) is 3.90. The van der Waals surface area contributed by atoms with Crippen LogP contribution in [0.15, 0.2) is 0 Å². The molecule has 1 saturated carbocycles. The van der Waals surface area contributed by atoms with E-state index in [0.717, 1.165) is 25.7 Å². The molecule has 0 spiro atoms. The summed E-state index contributed by atoms with van der Waals surface area (Å²) in [5.41, 5.74) is 0. The van der Waals surface area contributed by atoms with Crippen LogP contribution < -0.4 is 0 Å². The van der Waals surface area contributed by atoms with Gasteiger partial charge >= 0.3 is 13.6 Å². The number of hydrogen-bond acceptors (Lipinski definition) is 5. The van der Waals surface area contributed by atoms with E-state index in [1.807, 2.05) is 0 Å². The van der Waals surface area contributed by atoms with E-state index < -0.39 is 7.60 Å². The van der Waals surface area contributed by atoms with E-state index >= 15 is 0 Å². The molecular formula is C10H19O5P. The summed E-state index contributed by atoms with van der Waals surface area (Å²) in [6.07, 6.45) is 4.73. The van der Waals surface area contributed by atoms with Crippen LogP contribution in [0.2, 0.25) is 0 Å². The molecule has 0 radical (unpaired) electrons. The van der Waals surface area contributed by atoms with E-state index in [2.05, 4.69) is 9.05 Å². The summed E-state index contributed by atoms with van der Waals surface area (Å²) in [7, 11) is -0.676. The first kappa shape index (κ1) is 13.7. The second-order valence-corrected chi connectivity index (χ2v) is 6.11. The van der Waals surface area contributed by atoms with Crippen LogP contribution >= 0.6 is 7.60 Å². The van der Waals surface area contributed by atoms with Gasteiger partial charge in [0.1, 0.15) is 0 Å². The van der Waals surface area contributed by atoms with Crippen LogP contribution in [0.4, 0.5) is 0 Å². The Labute approximate surface area is 96.0 Å². The van der Waals surface area contributed by atoms with Crippen molar-refractivity contribution < 1.29 is 23.1 Å². The molecule has 0 aliphatic heterocycles. The minimum atomic E-state index is -3.23. The molecule has 0 amide bonds. The lowest BCUT2D eigenvalue weighted by atomic mass is 9.89. The standard InChI is InChI=1S/C10H19O5P/c1-13-16(12,14-2)8-15-10(11)9-6-4-3-5-7-9/h9H,3-8H2,1-2H3. The van der Waals surface area contributed by atoms with Crippen LogP contribution in [0.25, 0.3) is 0 Å². The highest BCUT2D eigenvalue weighted by atomic mass is 31.2. The summed E-state index contributed by atoms with van der Waals surface area (Å²) in [6.45, 7) is 0. The van der Waals surface area contributed by atoms with Crippen LogP contribution in [0.1, 0.15) is 32.1 Å². The van der Waals surface area contributed by atoms with E-state index in [-0.39, 0.29) is 18.2 Å². The zero-order chi connectivity index (χ0) is 12.0. The Morgan fingerprint density at radius 1 is 1.19 bits per heavy atom. The van der Waals surface area contributed by atoms with E-state index in [9.17, 15) is 9.36 Å². The van der Waals surface area contributed by atoms with E-state index in [1.165, 1.54) is 20.6 Å². The highest BCUT2D eigenvalue weighted by Gasteiger charge is 2.27. The van der Waals surface area contributed by atoms with Gasteiger partial charge in [-0.2, -0.15) is 0 Å². The molecule has 0 aromatic carbocycles. The Bertz CT molecular complexity index is 264. The monoisotopic (exact) mass is 250 g/mol. The molecule has 0 saturated heterocycles. The fraction of sp³-hybridized carbons (Fsp3) is 0.900. The SMILES string of the molecule is COP(=O)(COC(=O)C1CCCCC1)OC. The minimum Gasteiger partial charge on any atom is -0.452 e. The molecule has 16 heavy (non-hydrogen) atoms. The van der Waals surface area contributed by atoms with Crippen LogP contribution in [0, 0.1) is 5.92 Å². The highest BCUT2D eigenvalue weighted by molar-refractivity contribution is 7.53. The van der Waals surface area contributed by atoms with Crippen molar-refractivity contribution in [3.63, 3.8) is 0 Å². The molecule has 0 bridgehead atoms. The Morgan fingerprint density at radius 2 is 1.75 bits per heavy atom. The number of carbonyl (C=O) groups excluding carboxylic acids is 1. The second kappa shape index (κ2) is 6.38. The van der Waals surface area contributed by atoms with Crippen LogP contribution in [0.3, 0.4) is 0 Å². The average Bonchev–Trinajstić information content (AvgIpc) is 2.36. The summed E-state index contributed by atoms with van der Waals surface area (Å²) in [5, 5.41) is 0. The molecule has 5 nitrogen and oxygen atoms in total. The Kier molecular flexibility index (Phi) is 5.46. The van der Waals surface area contributed by atoms with Crippen LogP contribution in [-0.2, 0) is 23.1 Å². The molecular weight excluding hydrogens is 231 g/mol. The number of carbonyl (C=O) groups is 1. The molecule has 1 rings (SSSR count). The maximum absolute atomic E-state index is 11.6. The van der Waals surface area contributed by atoms with Gasteiger partial charge in [0.15, 0.2) is 6.35 Å².